The Balaban J connectivity index is 0.000000386. The van der Waals surface area contributed by atoms with Gasteiger partial charge in [-0.2, -0.15) is 0 Å². The summed E-state index contributed by atoms with van der Waals surface area (Å²) >= 11 is 1.79. The van der Waals surface area contributed by atoms with Crippen LogP contribution in [-0.4, -0.2) is 36.2 Å². The monoisotopic (exact) mass is 242 g/mol. The standard InChI is InChI=1S/C9H14N2OS.C3H8/c1-8-6-10-9(13-8)7-11-2-4-12-5-3-11;1-3-2/h6H,2-5,7H2,1H3;3H2,1-2H3. The summed E-state index contributed by atoms with van der Waals surface area (Å²) in [6, 6.07) is 0. The van der Waals surface area contributed by atoms with Crippen LogP contribution in [0.25, 0.3) is 0 Å². The molecule has 0 aliphatic carbocycles. The lowest BCUT2D eigenvalue weighted by Crippen LogP contribution is -2.35. The van der Waals surface area contributed by atoms with Gasteiger partial charge in [-0.3, -0.25) is 4.90 Å². The number of nitrogens with zero attached hydrogens (tertiary/aromatic N) is 2. The minimum absolute atomic E-state index is 0.865. The second kappa shape index (κ2) is 7.76. The van der Waals surface area contributed by atoms with E-state index in [4.69, 9.17) is 4.74 Å². The topological polar surface area (TPSA) is 25.4 Å². The van der Waals surface area contributed by atoms with Gasteiger partial charge in [0.2, 0.25) is 0 Å². The molecule has 0 atom stereocenters. The fourth-order valence-electron chi connectivity index (χ4n) is 1.43. The Morgan fingerprint density at radius 1 is 1.38 bits per heavy atom. The van der Waals surface area contributed by atoms with E-state index in [1.54, 1.807) is 11.3 Å². The lowest BCUT2D eigenvalue weighted by molar-refractivity contribution is 0.0341. The highest BCUT2D eigenvalue weighted by Gasteiger charge is 2.11. The van der Waals surface area contributed by atoms with Crippen LogP contribution in [0.2, 0.25) is 0 Å². The van der Waals surface area contributed by atoms with Crippen molar-refractivity contribution in [3.63, 3.8) is 0 Å². The summed E-state index contributed by atoms with van der Waals surface area (Å²) in [5, 5.41) is 1.22. The van der Waals surface area contributed by atoms with Crippen LogP contribution in [-0.2, 0) is 11.3 Å². The summed E-state index contributed by atoms with van der Waals surface area (Å²) in [5.74, 6) is 0. The van der Waals surface area contributed by atoms with Crippen molar-refractivity contribution in [2.45, 2.75) is 33.7 Å². The number of ether oxygens (including phenoxy) is 1. The van der Waals surface area contributed by atoms with Gasteiger partial charge in [-0.05, 0) is 6.92 Å². The lowest BCUT2D eigenvalue weighted by atomic mass is 10.4. The average molecular weight is 242 g/mol. The van der Waals surface area contributed by atoms with Crippen LogP contribution in [0, 0.1) is 6.92 Å². The van der Waals surface area contributed by atoms with Crippen LogP contribution in [0.4, 0.5) is 0 Å². The summed E-state index contributed by atoms with van der Waals surface area (Å²) in [7, 11) is 0. The third-order valence-electron chi connectivity index (χ3n) is 2.13. The molecule has 1 aliphatic rings. The van der Waals surface area contributed by atoms with Crippen LogP contribution in [0.3, 0.4) is 0 Å². The molecule has 0 spiro atoms. The normalized spacial score (nSPS) is 16.7. The van der Waals surface area contributed by atoms with Gasteiger partial charge >= 0.3 is 0 Å². The van der Waals surface area contributed by atoms with Gasteiger partial charge in [0.1, 0.15) is 5.01 Å². The van der Waals surface area contributed by atoms with Crippen molar-refractivity contribution in [3.8, 4) is 0 Å². The molecule has 3 nitrogen and oxygen atoms in total. The summed E-state index contributed by atoms with van der Waals surface area (Å²) in [6.07, 6.45) is 3.19. The first-order valence-corrected chi connectivity index (χ1v) is 6.79. The fraction of sp³-hybridized carbons (Fsp3) is 0.750. The van der Waals surface area contributed by atoms with Crippen molar-refractivity contribution in [2.24, 2.45) is 0 Å². The van der Waals surface area contributed by atoms with E-state index in [9.17, 15) is 0 Å². The molecule has 0 unspecified atom stereocenters. The molecule has 1 aliphatic heterocycles. The zero-order valence-corrected chi connectivity index (χ0v) is 11.3. The van der Waals surface area contributed by atoms with E-state index >= 15 is 0 Å². The molecule has 1 aromatic heterocycles. The average Bonchev–Trinajstić information content (AvgIpc) is 2.67. The molecular formula is C12H22N2OS. The molecule has 0 radical (unpaired) electrons. The number of morpholine rings is 1. The Kier molecular flexibility index (Phi) is 6.61. The highest BCUT2D eigenvalue weighted by molar-refractivity contribution is 7.11. The summed E-state index contributed by atoms with van der Waals surface area (Å²) in [6.45, 7) is 11.1. The van der Waals surface area contributed by atoms with Crippen LogP contribution in [0.1, 0.15) is 30.2 Å². The third kappa shape index (κ3) is 5.05. The molecule has 0 amide bonds. The predicted octanol–water partition coefficient (Wildman–Crippen LogP) is 2.70. The fourth-order valence-corrected chi connectivity index (χ4v) is 2.25. The molecule has 0 bridgehead atoms. The van der Waals surface area contributed by atoms with Crippen LogP contribution >= 0.6 is 11.3 Å². The van der Waals surface area contributed by atoms with Crippen molar-refractivity contribution < 1.29 is 4.74 Å². The zero-order valence-electron chi connectivity index (χ0n) is 10.5. The highest BCUT2D eigenvalue weighted by atomic mass is 32.1. The molecule has 0 saturated carbocycles. The molecule has 2 heterocycles. The first-order valence-electron chi connectivity index (χ1n) is 5.97. The van der Waals surface area contributed by atoms with E-state index < -0.39 is 0 Å². The number of thiazole rings is 1. The molecule has 16 heavy (non-hydrogen) atoms. The third-order valence-corrected chi connectivity index (χ3v) is 3.03. The van der Waals surface area contributed by atoms with Crippen molar-refractivity contribution >= 4 is 11.3 Å². The van der Waals surface area contributed by atoms with Gasteiger partial charge in [-0.25, -0.2) is 4.98 Å². The van der Waals surface area contributed by atoms with Gasteiger partial charge in [0, 0.05) is 24.2 Å². The van der Waals surface area contributed by atoms with Crippen LogP contribution in [0.5, 0.6) is 0 Å². The van der Waals surface area contributed by atoms with Crippen LogP contribution < -0.4 is 0 Å². The van der Waals surface area contributed by atoms with Gasteiger partial charge in [-0.1, -0.05) is 20.3 Å². The maximum Gasteiger partial charge on any atom is 0.107 e. The molecular weight excluding hydrogens is 220 g/mol. The number of hydrogen-bond donors (Lipinski definition) is 0. The van der Waals surface area contributed by atoms with Gasteiger partial charge in [0.25, 0.3) is 0 Å². The maximum atomic E-state index is 5.28. The quantitative estimate of drug-likeness (QED) is 0.797. The number of aromatic nitrogens is 1. The Morgan fingerprint density at radius 3 is 2.50 bits per heavy atom. The first-order chi connectivity index (χ1) is 7.76. The van der Waals surface area contributed by atoms with Gasteiger partial charge in [0.05, 0.1) is 19.8 Å². The Bertz CT molecular complexity index is 282. The van der Waals surface area contributed by atoms with E-state index in [0.717, 1.165) is 32.8 Å². The maximum absolute atomic E-state index is 5.28. The van der Waals surface area contributed by atoms with Crippen molar-refractivity contribution in [1.82, 2.24) is 9.88 Å². The molecule has 92 valence electrons. The first kappa shape index (κ1) is 13.6. The second-order valence-electron chi connectivity index (χ2n) is 3.96. The lowest BCUT2D eigenvalue weighted by Gasteiger charge is -2.25. The summed E-state index contributed by atoms with van der Waals surface area (Å²) in [5.41, 5.74) is 0. The Hall–Kier alpha value is -0.450. The largest absolute Gasteiger partial charge is 0.379 e. The molecule has 1 fully saturated rings. The van der Waals surface area contributed by atoms with E-state index in [0.29, 0.717) is 0 Å². The smallest absolute Gasteiger partial charge is 0.107 e. The van der Waals surface area contributed by atoms with E-state index in [1.165, 1.54) is 16.3 Å². The van der Waals surface area contributed by atoms with E-state index in [2.05, 4.69) is 30.7 Å². The molecule has 4 heteroatoms. The van der Waals surface area contributed by atoms with Crippen molar-refractivity contribution in [2.75, 3.05) is 26.3 Å². The summed E-state index contributed by atoms with van der Waals surface area (Å²) in [4.78, 5) is 8.03. The molecule has 0 N–H and O–H groups in total. The van der Waals surface area contributed by atoms with E-state index in [1.807, 2.05) is 6.20 Å². The minimum Gasteiger partial charge on any atom is -0.379 e. The Morgan fingerprint density at radius 2 is 2.00 bits per heavy atom. The van der Waals surface area contributed by atoms with Crippen molar-refractivity contribution in [1.29, 1.82) is 0 Å². The molecule has 0 aromatic carbocycles. The van der Waals surface area contributed by atoms with Gasteiger partial charge in [0.15, 0.2) is 0 Å². The second-order valence-corrected chi connectivity index (χ2v) is 5.28. The molecule has 2 rings (SSSR count). The van der Waals surface area contributed by atoms with Crippen LogP contribution in [0.15, 0.2) is 6.20 Å². The van der Waals surface area contributed by atoms with E-state index in [-0.39, 0.29) is 0 Å². The minimum atomic E-state index is 0.865. The van der Waals surface area contributed by atoms with Gasteiger partial charge in [-0.15, -0.1) is 11.3 Å². The zero-order chi connectivity index (χ0) is 11.8. The highest BCUT2D eigenvalue weighted by Crippen LogP contribution is 2.13. The van der Waals surface area contributed by atoms with Crippen molar-refractivity contribution in [3.05, 3.63) is 16.1 Å². The summed E-state index contributed by atoms with van der Waals surface area (Å²) < 4.78 is 5.28. The number of hydrogen-bond acceptors (Lipinski definition) is 4. The number of aryl methyl sites for hydroxylation is 1. The SMILES string of the molecule is CCC.Cc1cnc(CN2CCOCC2)s1. The number of rotatable bonds is 2. The molecule has 1 aromatic rings. The predicted molar refractivity (Wildman–Crippen MR) is 68.9 cm³/mol. The Labute approximate surface area is 102 Å². The molecule has 1 saturated heterocycles. The van der Waals surface area contributed by atoms with Gasteiger partial charge < -0.3 is 4.74 Å².